The lowest BCUT2D eigenvalue weighted by Gasteiger charge is -2.32. The number of pyridine rings is 1. The molecule has 0 aromatic carbocycles. The topological polar surface area (TPSA) is 75.7 Å². The van der Waals surface area contributed by atoms with Gasteiger partial charge in [-0.2, -0.15) is 0 Å². The van der Waals surface area contributed by atoms with E-state index in [1.165, 1.54) is 19.4 Å². The van der Waals surface area contributed by atoms with Crippen LogP contribution in [0.2, 0.25) is 0 Å². The number of urea groups is 1. The van der Waals surface area contributed by atoms with E-state index < -0.39 is 0 Å². The van der Waals surface area contributed by atoms with E-state index in [1.54, 1.807) is 6.20 Å². The Hall–Kier alpha value is -1.86. The number of rotatable bonds is 8. The van der Waals surface area contributed by atoms with E-state index in [4.69, 9.17) is 9.47 Å². The highest BCUT2D eigenvalue weighted by Gasteiger charge is 2.20. The van der Waals surface area contributed by atoms with Crippen LogP contribution in [0.4, 0.5) is 4.79 Å². The normalized spacial score (nSPS) is 21.1. The van der Waals surface area contributed by atoms with Gasteiger partial charge >= 0.3 is 6.03 Å². The Balaban J connectivity index is 1.36. The van der Waals surface area contributed by atoms with Gasteiger partial charge in [-0.25, -0.2) is 9.78 Å². The van der Waals surface area contributed by atoms with Crippen LogP contribution in [0.15, 0.2) is 18.3 Å². The number of hydrogen-bond donors (Lipinski definition) is 2. The van der Waals surface area contributed by atoms with Crippen LogP contribution in [0.5, 0.6) is 5.88 Å². The maximum absolute atomic E-state index is 12.2. The Morgan fingerprint density at radius 1 is 1.37 bits per heavy atom. The molecule has 3 rings (SSSR count). The molecule has 1 atom stereocenters. The summed E-state index contributed by atoms with van der Waals surface area (Å²) in [7, 11) is 0. The summed E-state index contributed by atoms with van der Waals surface area (Å²) >= 11 is 0. The van der Waals surface area contributed by atoms with Gasteiger partial charge in [-0.1, -0.05) is 13.3 Å². The van der Waals surface area contributed by atoms with Crippen molar-refractivity contribution >= 4 is 6.03 Å². The number of nitrogens with zero attached hydrogens (tertiary/aromatic N) is 2. The second kappa shape index (κ2) is 10.5. The first-order valence-corrected chi connectivity index (χ1v) is 10.2. The molecule has 0 saturated carbocycles. The summed E-state index contributed by atoms with van der Waals surface area (Å²) in [5, 5.41) is 6.04. The summed E-state index contributed by atoms with van der Waals surface area (Å²) < 4.78 is 11.1. The maximum atomic E-state index is 12.2. The number of hydrogen-bond acceptors (Lipinski definition) is 5. The van der Waals surface area contributed by atoms with Gasteiger partial charge in [0, 0.05) is 44.4 Å². The summed E-state index contributed by atoms with van der Waals surface area (Å²) in [5.41, 5.74) is 0.975. The molecule has 7 nitrogen and oxygen atoms in total. The van der Waals surface area contributed by atoms with Crippen molar-refractivity contribution in [1.82, 2.24) is 20.5 Å². The predicted molar refractivity (Wildman–Crippen MR) is 104 cm³/mol. The van der Waals surface area contributed by atoms with Crippen LogP contribution in [0, 0.1) is 0 Å². The highest BCUT2D eigenvalue weighted by molar-refractivity contribution is 5.74. The van der Waals surface area contributed by atoms with Crippen LogP contribution in [0.25, 0.3) is 0 Å². The van der Waals surface area contributed by atoms with Crippen LogP contribution < -0.4 is 15.4 Å². The molecule has 2 aliphatic rings. The molecule has 27 heavy (non-hydrogen) atoms. The van der Waals surface area contributed by atoms with Crippen LogP contribution in [-0.4, -0.2) is 60.9 Å². The molecule has 1 aromatic rings. The van der Waals surface area contributed by atoms with Gasteiger partial charge in [0.1, 0.15) is 6.10 Å². The van der Waals surface area contributed by atoms with E-state index in [0.29, 0.717) is 19.0 Å². The second-order valence-corrected chi connectivity index (χ2v) is 7.40. The first-order valence-electron chi connectivity index (χ1n) is 10.2. The van der Waals surface area contributed by atoms with Gasteiger partial charge in [0.05, 0.1) is 13.2 Å². The number of likely N-dealkylation sites (tertiary alicyclic amines) is 1. The van der Waals surface area contributed by atoms with Crippen molar-refractivity contribution in [2.24, 2.45) is 0 Å². The van der Waals surface area contributed by atoms with Crippen molar-refractivity contribution in [2.45, 2.75) is 57.7 Å². The summed E-state index contributed by atoms with van der Waals surface area (Å²) in [6.07, 6.45) is 7.21. The van der Waals surface area contributed by atoms with Crippen molar-refractivity contribution in [1.29, 1.82) is 0 Å². The highest BCUT2D eigenvalue weighted by Crippen LogP contribution is 2.16. The Morgan fingerprint density at radius 3 is 2.96 bits per heavy atom. The third kappa shape index (κ3) is 6.66. The van der Waals surface area contributed by atoms with Gasteiger partial charge in [-0.05, 0) is 37.4 Å². The minimum absolute atomic E-state index is 0.0761. The monoisotopic (exact) mass is 376 g/mol. The fourth-order valence-electron chi connectivity index (χ4n) is 3.50. The minimum Gasteiger partial charge on any atom is -0.472 e. The molecule has 2 saturated heterocycles. The standard InChI is InChI=1S/C20H32N4O3/c1-2-3-9-24-10-5-17(6-11-24)23-20(25)22-14-16-4-8-21-19(13-16)27-18-7-12-26-15-18/h4,8,13,17-18H,2-3,5-7,9-12,14-15H2,1H3,(H2,22,23,25). The van der Waals surface area contributed by atoms with E-state index in [2.05, 4.69) is 27.4 Å². The number of ether oxygens (including phenoxy) is 2. The Labute approximate surface area is 161 Å². The van der Waals surface area contributed by atoms with E-state index in [-0.39, 0.29) is 18.2 Å². The number of unbranched alkanes of at least 4 members (excludes halogenated alkanes) is 1. The first-order chi connectivity index (χ1) is 13.2. The number of carbonyl (C=O) groups excluding carboxylic acids is 1. The highest BCUT2D eigenvalue weighted by atomic mass is 16.5. The molecular formula is C20H32N4O3. The molecular weight excluding hydrogens is 344 g/mol. The van der Waals surface area contributed by atoms with Crippen LogP contribution >= 0.6 is 0 Å². The van der Waals surface area contributed by atoms with Gasteiger partial charge in [-0.3, -0.25) is 0 Å². The molecule has 0 aliphatic carbocycles. The lowest BCUT2D eigenvalue weighted by atomic mass is 10.0. The van der Waals surface area contributed by atoms with Crippen molar-refractivity contribution in [3.05, 3.63) is 23.9 Å². The van der Waals surface area contributed by atoms with Crippen LogP contribution in [0.3, 0.4) is 0 Å². The summed E-state index contributed by atoms with van der Waals surface area (Å²) in [6, 6.07) is 3.93. The average Bonchev–Trinajstić information content (AvgIpc) is 3.19. The predicted octanol–water partition coefficient (Wildman–Crippen LogP) is 2.31. The zero-order valence-electron chi connectivity index (χ0n) is 16.3. The minimum atomic E-state index is -0.106. The van der Waals surface area contributed by atoms with Crippen molar-refractivity contribution < 1.29 is 14.3 Å². The molecule has 1 aromatic heterocycles. The number of nitrogens with one attached hydrogen (secondary N) is 2. The molecule has 2 aliphatic heterocycles. The molecule has 2 fully saturated rings. The fourth-order valence-corrected chi connectivity index (χ4v) is 3.50. The lowest BCUT2D eigenvalue weighted by molar-refractivity contribution is 0.138. The Bertz CT molecular complexity index is 584. The average molecular weight is 377 g/mol. The van der Waals surface area contributed by atoms with E-state index in [9.17, 15) is 4.79 Å². The number of carbonyl (C=O) groups is 1. The van der Waals surface area contributed by atoms with E-state index in [1.807, 2.05) is 12.1 Å². The van der Waals surface area contributed by atoms with E-state index >= 15 is 0 Å². The van der Waals surface area contributed by atoms with Crippen molar-refractivity contribution in [3.63, 3.8) is 0 Å². The second-order valence-electron chi connectivity index (χ2n) is 7.40. The molecule has 0 bridgehead atoms. The zero-order chi connectivity index (χ0) is 18.9. The van der Waals surface area contributed by atoms with Crippen molar-refractivity contribution in [2.75, 3.05) is 32.8 Å². The number of amides is 2. The summed E-state index contributed by atoms with van der Waals surface area (Å²) in [4.78, 5) is 18.9. The SMILES string of the molecule is CCCCN1CCC(NC(=O)NCc2ccnc(OC3CCOC3)c2)CC1. The van der Waals surface area contributed by atoms with Gasteiger partial charge in [0.2, 0.25) is 5.88 Å². The summed E-state index contributed by atoms with van der Waals surface area (Å²) in [6.45, 7) is 7.35. The van der Waals surface area contributed by atoms with Gasteiger partial charge < -0.3 is 25.0 Å². The lowest BCUT2D eigenvalue weighted by Crippen LogP contribution is -2.47. The van der Waals surface area contributed by atoms with Crippen molar-refractivity contribution in [3.8, 4) is 5.88 Å². The molecule has 150 valence electrons. The maximum Gasteiger partial charge on any atom is 0.315 e. The third-order valence-corrected chi connectivity index (χ3v) is 5.18. The quantitative estimate of drug-likeness (QED) is 0.728. The largest absolute Gasteiger partial charge is 0.472 e. The smallest absolute Gasteiger partial charge is 0.315 e. The number of piperidine rings is 1. The van der Waals surface area contributed by atoms with Gasteiger partial charge in [0.15, 0.2) is 0 Å². The third-order valence-electron chi connectivity index (χ3n) is 5.18. The van der Waals surface area contributed by atoms with E-state index in [0.717, 1.165) is 44.5 Å². The fraction of sp³-hybridized carbons (Fsp3) is 0.700. The van der Waals surface area contributed by atoms with Gasteiger partial charge in [0.25, 0.3) is 0 Å². The first kappa shape index (κ1) is 19.9. The zero-order valence-corrected chi connectivity index (χ0v) is 16.3. The molecule has 2 amide bonds. The Morgan fingerprint density at radius 2 is 2.22 bits per heavy atom. The Kier molecular flexibility index (Phi) is 7.71. The number of aromatic nitrogens is 1. The molecule has 0 spiro atoms. The molecule has 0 radical (unpaired) electrons. The van der Waals surface area contributed by atoms with Crippen LogP contribution in [0.1, 0.15) is 44.6 Å². The molecule has 7 heteroatoms. The van der Waals surface area contributed by atoms with Crippen LogP contribution in [-0.2, 0) is 11.3 Å². The summed E-state index contributed by atoms with van der Waals surface area (Å²) in [5.74, 6) is 0.588. The van der Waals surface area contributed by atoms with Gasteiger partial charge in [-0.15, -0.1) is 0 Å². The molecule has 3 heterocycles. The molecule has 1 unspecified atom stereocenters. The molecule has 2 N–H and O–H groups in total.